The first-order valence-electron chi connectivity index (χ1n) is 3.63. The zero-order valence-corrected chi connectivity index (χ0v) is 7.65. The molecule has 8 heteroatoms. The molecule has 0 aliphatic heterocycles. The van der Waals surface area contributed by atoms with Crippen LogP contribution >= 0.6 is 0 Å². The summed E-state index contributed by atoms with van der Waals surface area (Å²) >= 11 is 0. The van der Waals surface area contributed by atoms with Crippen LogP contribution in [-0.2, 0) is 9.59 Å². The molecule has 0 spiro atoms. The lowest BCUT2D eigenvalue weighted by Crippen LogP contribution is -2.36. The summed E-state index contributed by atoms with van der Waals surface area (Å²) in [5.41, 5.74) is 14.8. The van der Waals surface area contributed by atoms with Gasteiger partial charge in [0.05, 0.1) is 6.54 Å². The van der Waals surface area contributed by atoms with Crippen molar-refractivity contribution in [3.8, 4) is 0 Å². The number of primary amides is 1. The predicted molar refractivity (Wildman–Crippen MR) is 51.1 cm³/mol. The number of carbonyl (C=O) groups excluding carboxylic acids is 2. The highest BCUT2D eigenvalue weighted by atomic mass is 16.2. The third-order valence-electron chi connectivity index (χ3n) is 1.07. The molecule has 2 amide bonds. The van der Waals surface area contributed by atoms with Gasteiger partial charge in [-0.2, -0.15) is 0 Å². The second kappa shape index (κ2) is 5.51. The Labute approximate surface area is 80.2 Å². The minimum Gasteiger partial charge on any atom is -0.369 e. The van der Waals surface area contributed by atoms with Gasteiger partial charge in [0.25, 0.3) is 5.91 Å². The van der Waals surface area contributed by atoms with Crippen molar-refractivity contribution in [2.45, 2.75) is 6.92 Å². The molecule has 0 aromatic rings. The summed E-state index contributed by atoms with van der Waals surface area (Å²) < 4.78 is 0. The zero-order chi connectivity index (χ0) is 11.1. The highest BCUT2D eigenvalue weighted by molar-refractivity contribution is 6.38. The Morgan fingerprint density at radius 2 is 1.79 bits per heavy atom. The van der Waals surface area contributed by atoms with E-state index in [9.17, 15) is 9.59 Å². The van der Waals surface area contributed by atoms with E-state index in [0.29, 0.717) is 0 Å². The summed E-state index contributed by atoms with van der Waals surface area (Å²) in [6, 6.07) is 0. The van der Waals surface area contributed by atoms with E-state index in [0.717, 1.165) is 0 Å². The van der Waals surface area contributed by atoms with Crippen molar-refractivity contribution in [2.75, 3.05) is 6.54 Å². The maximum Gasteiger partial charge on any atom is 0.267 e. The Bertz CT molecular complexity index is 291. The van der Waals surface area contributed by atoms with Crippen molar-refractivity contribution in [1.29, 1.82) is 0 Å². The van der Waals surface area contributed by atoms with Crippen molar-refractivity contribution >= 4 is 23.5 Å². The second-order valence-corrected chi connectivity index (χ2v) is 2.36. The molecule has 78 valence electrons. The summed E-state index contributed by atoms with van der Waals surface area (Å²) in [4.78, 5) is 21.4. The van der Waals surface area contributed by atoms with E-state index in [4.69, 9.17) is 17.2 Å². The number of nitrogens with two attached hydrogens (primary N) is 3. The number of hydrogen-bond donors (Lipinski definition) is 4. The number of hydrogen-bond acceptors (Lipinski definition) is 4. The summed E-state index contributed by atoms with van der Waals surface area (Å²) in [5.74, 6) is -1.46. The van der Waals surface area contributed by atoms with Gasteiger partial charge in [-0.05, 0) is 6.92 Å². The van der Waals surface area contributed by atoms with Gasteiger partial charge in [0.1, 0.15) is 5.71 Å². The van der Waals surface area contributed by atoms with Crippen LogP contribution in [0.3, 0.4) is 0 Å². The van der Waals surface area contributed by atoms with E-state index >= 15 is 0 Å². The molecule has 0 bridgehead atoms. The maximum absolute atomic E-state index is 11.1. The predicted octanol–water partition coefficient (Wildman–Crippen LogP) is -2.76. The van der Waals surface area contributed by atoms with Crippen LogP contribution in [0.5, 0.6) is 0 Å². The van der Waals surface area contributed by atoms with Gasteiger partial charge in [-0.3, -0.25) is 9.59 Å². The van der Waals surface area contributed by atoms with Gasteiger partial charge < -0.3 is 22.5 Å². The molecule has 0 atom stereocenters. The van der Waals surface area contributed by atoms with Crippen LogP contribution in [0.1, 0.15) is 6.92 Å². The molecule has 0 saturated heterocycles. The molecular formula is C6H12N6O2. The van der Waals surface area contributed by atoms with Crippen molar-refractivity contribution in [1.82, 2.24) is 5.32 Å². The fourth-order valence-electron chi connectivity index (χ4n) is 0.473. The molecule has 0 unspecified atom stereocenters. The van der Waals surface area contributed by atoms with Crippen molar-refractivity contribution in [3.63, 3.8) is 0 Å². The van der Waals surface area contributed by atoms with Crippen molar-refractivity contribution in [2.24, 2.45) is 27.4 Å². The van der Waals surface area contributed by atoms with Gasteiger partial charge in [-0.15, -0.1) is 10.2 Å². The lowest BCUT2D eigenvalue weighted by atomic mass is 10.4. The van der Waals surface area contributed by atoms with Gasteiger partial charge in [0.2, 0.25) is 11.9 Å². The molecule has 0 saturated carbocycles. The Morgan fingerprint density at radius 1 is 1.21 bits per heavy atom. The third kappa shape index (κ3) is 5.52. The van der Waals surface area contributed by atoms with E-state index in [-0.39, 0.29) is 18.2 Å². The van der Waals surface area contributed by atoms with E-state index in [2.05, 4.69) is 15.5 Å². The molecule has 14 heavy (non-hydrogen) atoms. The third-order valence-corrected chi connectivity index (χ3v) is 1.07. The average Bonchev–Trinajstić information content (AvgIpc) is 2.09. The Kier molecular flexibility index (Phi) is 4.68. The molecule has 0 radical (unpaired) electrons. The van der Waals surface area contributed by atoms with Crippen LogP contribution in [0.2, 0.25) is 0 Å². The lowest BCUT2D eigenvalue weighted by molar-refractivity contribution is -0.121. The van der Waals surface area contributed by atoms with Gasteiger partial charge in [-0.1, -0.05) is 0 Å². The van der Waals surface area contributed by atoms with Gasteiger partial charge in [0, 0.05) is 0 Å². The first kappa shape index (κ1) is 11.9. The number of nitrogens with one attached hydrogen (secondary N) is 1. The minimum absolute atomic E-state index is 0.0275. The highest BCUT2D eigenvalue weighted by Gasteiger charge is 2.05. The molecule has 0 aliphatic rings. The molecule has 8 nitrogen and oxygen atoms in total. The first-order chi connectivity index (χ1) is 6.43. The standard InChI is InChI=1S/C6H12N6O2/c1-3(11-12-6(8)9)5(14)10-2-4(7)13/h2H2,1H3,(H2,7,13)(H,10,14)(H4,8,9,12)/b11-3-. The van der Waals surface area contributed by atoms with E-state index < -0.39 is 11.8 Å². The lowest BCUT2D eigenvalue weighted by Gasteiger charge is -1.99. The van der Waals surface area contributed by atoms with Gasteiger partial charge in [0.15, 0.2) is 0 Å². The van der Waals surface area contributed by atoms with Crippen LogP contribution in [0.4, 0.5) is 0 Å². The summed E-state index contributed by atoms with van der Waals surface area (Å²) in [6.07, 6.45) is 0. The molecule has 0 aromatic carbocycles. The quantitative estimate of drug-likeness (QED) is 0.221. The second-order valence-electron chi connectivity index (χ2n) is 2.36. The Hall–Kier alpha value is -2.12. The molecule has 0 rings (SSSR count). The molecule has 0 fully saturated rings. The van der Waals surface area contributed by atoms with Crippen molar-refractivity contribution < 1.29 is 9.59 Å². The molecule has 0 aliphatic carbocycles. The van der Waals surface area contributed by atoms with Crippen molar-refractivity contribution in [3.05, 3.63) is 0 Å². The number of carbonyl (C=O) groups is 2. The van der Waals surface area contributed by atoms with Crippen LogP contribution in [-0.4, -0.2) is 30.0 Å². The first-order valence-corrected chi connectivity index (χ1v) is 3.63. The van der Waals surface area contributed by atoms with E-state index in [1.807, 2.05) is 0 Å². The monoisotopic (exact) mass is 200 g/mol. The van der Waals surface area contributed by atoms with E-state index in [1.54, 1.807) is 0 Å². The average molecular weight is 200 g/mol. The number of nitrogens with zero attached hydrogens (tertiary/aromatic N) is 2. The minimum atomic E-state index is -0.645. The fourth-order valence-corrected chi connectivity index (χ4v) is 0.473. The summed E-state index contributed by atoms with van der Waals surface area (Å²) in [7, 11) is 0. The van der Waals surface area contributed by atoms with Crippen LogP contribution in [0.25, 0.3) is 0 Å². The van der Waals surface area contributed by atoms with Crippen LogP contribution in [0, 0.1) is 0 Å². The maximum atomic E-state index is 11.1. The normalized spacial score (nSPS) is 10.5. The molecule has 0 heterocycles. The zero-order valence-electron chi connectivity index (χ0n) is 7.65. The number of amides is 2. The van der Waals surface area contributed by atoms with E-state index in [1.165, 1.54) is 6.92 Å². The number of guanidine groups is 1. The van der Waals surface area contributed by atoms with Crippen LogP contribution in [0.15, 0.2) is 10.2 Å². The molecule has 0 aromatic heterocycles. The molecule has 7 N–H and O–H groups in total. The van der Waals surface area contributed by atoms with Gasteiger partial charge >= 0.3 is 0 Å². The Balaban J connectivity index is 4.19. The smallest absolute Gasteiger partial charge is 0.267 e. The summed E-state index contributed by atoms with van der Waals surface area (Å²) in [6.45, 7) is 1.14. The highest BCUT2D eigenvalue weighted by Crippen LogP contribution is 1.79. The molecular weight excluding hydrogens is 188 g/mol. The fraction of sp³-hybridized carbons (Fsp3) is 0.333. The Morgan fingerprint density at radius 3 is 2.21 bits per heavy atom. The largest absolute Gasteiger partial charge is 0.369 e. The SMILES string of the molecule is C/C(=N/N=C(N)N)C(=O)NCC(N)=O. The topological polar surface area (TPSA) is 149 Å². The number of rotatable bonds is 4. The van der Waals surface area contributed by atoms with Crippen LogP contribution < -0.4 is 22.5 Å². The van der Waals surface area contributed by atoms with Gasteiger partial charge in [-0.25, -0.2) is 0 Å². The summed E-state index contributed by atoms with van der Waals surface area (Å²) in [5, 5.41) is 8.86.